The number of hydrogen-bond acceptors (Lipinski definition) is 7. The molecule has 1 atom stereocenters. The predicted molar refractivity (Wildman–Crippen MR) is 207 cm³/mol. The van der Waals surface area contributed by atoms with E-state index in [4.69, 9.17) is 4.74 Å². The zero-order valence-corrected chi connectivity index (χ0v) is 32.1. The van der Waals surface area contributed by atoms with Crippen molar-refractivity contribution in [2.75, 3.05) is 25.0 Å². The molecule has 6 rings (SSSR count). The summed E-state index contributed by atoms with van der Waals surface area (Å²) in [4.78, 5) is 57.1. The molecule has 3 aromatic carbocycles. The highest BCUT2D eigenvalue weighted by molar-refractivity contribution is 7.89. The van der Waals surface area contributed by atoms with Gasteiger partial charge in [0.15, 0.2) is 0 Å². The van der Waals surface area contributed by atoms with Crippen LogP contribution in [-0.4, -0.2) is 71.9 Å². The van der Waals surface area contributed by atoms with Crippen LogP contribution < -0.4 is 21.6 Å². The van der Waals surface area contributed by atoms with Crippen LogP contribution in [0.25, 0.3) is 22.2 Å². The molecule has 0 radical (unpaired) electrons. The molecular weight excluding hydrogens is 709 g/mol. The number of carbonyl (C=O) groups is 3. The molecule has 14 heteroatoms. The van der Waals surface area contributed by atoms with E-state index in [1.165, 1.54) is 4.31 Å². The molecule has 1 saturated carbocycles. The zero-order chi connectivity index (χ0) is 38.6. The lowest BCUT2D eigenvalue weighted by Crippen LogP contribution is -2.48. The lowest BCUT2D eigenvalue weighted by atomic mass is 9.81. The summed E-state index contributed by atoms with van der Waals surface area (Å²) in [5.41, 5.74) is 4.06. The second-order valence-electron chi connectivity index (χ2n) is 15.5. The molecule has 2 heterocycles. The van der Waals surface area contributed by atoms with Gasteiger partial charge in [-0.2, -0.15) is 4.31 Å². The summed E-state index contributed by atoms with van der Waals surface area (Å²) in [6.45, 7) is 8.91. The molecule has 5 N–H and O–H groups in total. The topological polar surface area (TPSA) is 183 Å². The van der Waals surface area contributed by atoms with Crippen molar-refractivity contribution in [3.8, 4) is 11.1 Å². The van der Waals surface area contributed by atoms with Gasteiger partial charge in [0, 0.05) is 37.7 Å². The molecule has 54 heavy (non-hydrogen) atoms. The molecule has 13 nitrogen and oxygen atoms in total. The lowest BCUT2D eigenvalue weighted by molar-refractivity contribution is -0.130. The largest absolute Gasteiger partial charge is 0.444 e. The molecule has 3 amide bonds. The highest BCUT2D eigenvalue weighted by Gasteiger charge is 2.31. The van der Waals surface area contributed by atoms with Crippen molar-refractivity contribution in [1.29, 1.82) is 0 Å². The van der Waals surface area contributed by atoms with Gasteiger partial charge in [0.05, 0.1) is 15.9 Å². The van der Waals surface area contributed by atoms with Gasteiger partial charge in [-0.15, -0.1) is 0 Å². The van der Waals surface area contributed by atoms with Crippen LogP contribution >= 0.6 is 0 Å². The van der Waals surface area contributed by atoms with Crippen LogP contribution in [0.5, 0.6) is 0 Å². The van der Waals surface area contributed by atoms with Gasteiger partial charge >= 0.3 is 11.8 Å². The number of aryl methyl sites for hydroxylation is 1. The molecular formula is C40H50N6O7S. The lowest BCUT2D eigenvalue weighted by Gasteiger charge is -2.29. The number of hydrogen-bond donors (Lipinski definition) is 5. The smallest absolute Gasteiger partial charge is 0.407 e. The minimum absolute atomic E-state index is 0.206. The number of aromatic nitrogens is 2. The Hall–Kier alpha value is -4.95. The van der Waals surface area contributed by atoms with Crippen LogP contribution in [0.1, 0.15) is 70.4 Å². The van der Waals surface area contributed by atoms with Crippen molar-refractivity contribution >= 4 is 44.7 Å². The van der Waals surface area contributed by atoms with Crippen LogP contribution in [0.4, 0.5) is 10.5 Å². The molecule has 0 spiro atoms. The third kappa shape index (κ3) is 9.58. The Kier molecular flexibility index (Phi) is 11.6. The molecule has 288 valence electrons. The van der Waals surface area contributed by atoms with Crippen molar-refractivity contribution < 1.29 is 27.5 Å². The molecule has 2 fully saturated rings. The van der Waals surface area contributed by atoms with E-state index < -0.39 is 33.7 Å². The predicted octanol–water partition coefficient (Wildman–Crippen LogP) is 5.61. The second kappa shape index (κ2) is 16.2. The number of anilines is 1. The van der Waals surface area contributed by atoms with Crippen LogP contribution in [0.2, 0.25) is 0 Å². The van der Waals surface area contributed by atoms with Gasteiger partial charge in [0.25, 0.3) is 0 Å². The number of imidazole rings is 1. The Morgan fingerprint density at radius 2 is 1.59 bits per heavy atom. The first-order valence-electron chi connectivity index (χ1n) is 18.6. The molecule has 2 aliphatic rings. The van der Waals surface area contributed by atoms with Gasteiger partial charge in [-0.25, -0.2) is 18.0 Å². The van der Waals surface area contributed by atoms with Crippen LogP contribution in [-0.2, 0) is 30.8 Å². The van der Waals surface area contributed by atoms with E-state index in [-0.39, 0.29) is 34.7 Å². The van der Waals surface area contributed by atoms with Crippen molar-refractivity contribution in [2.45, 2.75) is 89.2 Å². The van der Waals surface area contributed by atoms with E-state index in [0.717, 1.165) is 47.9 Å². The van der Waals surface area contributed by atoms with Gasteiger partial charge in [-0.3, -0.25) is 9.59 Å². The Morgan fingerprint density at radius 1 is 0.907 bits per heavy atom. The number of amides is 3. The Balaban J connectivity index is 1.15. The van der Waals surface area contributed by atoms with E-state index in [0.29, 0.717) is 49.2 Å². The molecule has 4 aromatic rings. The zero-order valence-electron chi connectivity index (χ0n) is 31.3. The van der Waals surface area contributed by atoms with E-state index >= 15 is 0 Å². The summed E-state index contributed by atoms with van der Waals surface area (Å²) in [6.07, 6.45) is 4.22. The van der Waals surface area contributed by atoms with E-state index in [1.54, 1.807) is 30.3 Å². The fraction of sp³-hybridized carbons (Fsp3) is 0.450. The van der Waals surface area contributed by atoms with Crippen molar-refractivity contribution in [2.24, 2.45) is 11.8 Å². The number of benzene rings is 3. The number of alkyl carbamates (subject to hydrolysis) is 1. The highest BCUT2D eigenvalue weighted by atomic mass is 32.2. The van der Waals surface area contributed by atoms with E-state index in [2.05, 4.69) is 25.9 Å². The minimum Gasteiger partial charge on any atom is -0.444 e. The first-order valence-corrected chi connectivity index (χ1v) is 20.1. The molecule has 1 aliphatic heterocycles. The standard InChI is InChI=1S/C40H50N6O7S/c1-25-7-17-31(54(51,52)46-19-5-6-20-46)23-32(25)28-12-8-26(9-13-28)21-35(37(48)42-30-16-18-33-34(22-30)45-38(49)44-33)43-36(47)29-14-10-27(11-15-29)24-41-39(50)53-40(2,3)4/h7-9,12-13,16-18,22-23,27,29,35H,5-6,10-11,14-15,19-21,24H2,1-4H3,(H,41,50)(H,42,48)(H,43,47)(H2,44,45,49)/t27?,29?,35-/m0/s1. The third-order valence-electron chi connectivity index (χ3n) is 10.2. The minimum atomic E-state index is -3.59. The van der Waals surface area contributed by atoms with Crippen molar-refractivity contribution in [1.82, 2.24) is 24.9 Å². The van der Waals surface area contributed by atoms with Crippen LogP contribution in [0.15, 0.2) is 70.4 Å². The Labute approximate surface area is 315 Å². The second-order valence-corrected chi connectivity index (χ2v) is 17.4. The molecule has 1 aliphatic carbocycles. The van der Waals surface area contributed by atoms with Gasteiger partial charge < -0.3 is 30.7 Å². The first-order chi connectivity index (χ1) is 25.6. The van der Waals surface area contributed by atoms with Gasteiger partial charge in [-0.05, 0) is 125 Å². The van der Waals surface area contributed by atoms with Crippen molar-refractivity contribution in [3.63, 3.8) is 0 Å². The summed E-state index contributed by atoms with van der Waals surface area (Å²) in [5.74, 6) is -0.676. The number of nitrogens with one attached hydrogen (secondary N) is 5. The van der Waals surface area contributed by atoms with Gasteiger partial charge in [-0.1, -0.05) is 30.3 Å². The number of fused-ring (bicyclic) bond motifs is 1. The van der Waals surface area contributed by atoms with Gasteiger partial charge in [0.1, 0.15) is 11.6 Å². The molecule has 1 aromatic heterocycles. The number of H-pyrrole nitrogens is 2. The average Bonchev–Trinajstić information content (AvgIpc) is 3.80. The summed E-state index contributed by atoms with van der Waals surface area (Å²) in [7, 11) is -3.59. The number of ether oxygens (including phenoxy) is 1. The molecule has 1 saturated heterocycles. The maximum Gasteiger partial charge on any atom is 0.407 e. The number of aromatic amines is 2. The number of rotatable bonds is 11. The highest BCUT2D eigenvalue weighted by Crippen LogP contribution is 2.31. The summed E-state index contributed by atoms with van der Waals surface area (Å²) in [6, 6.07) is 16.9. The SMILES string of the molecule is Cc1ccc(S(=O)(=O)N2CCCC2)cc1-c1ccc(C[C@H](NC(=O)C2CCC(CNC(=O)OC(C)(C)C)CC2)C(=O)Nc2ccc3[nH]c(=O)[nH]c3c2)cc1. The summed E-state index contributed by atoms with van der Waals surface area (Å²) < 4.78 is 33.5. The Morgan fingerprint density at radius 3 is 2.28 bits per heavy atom. The number of carbonyl (C=O) groups excluding carboxylic acids is 3. The monoisotopic (exact) mass is 758 g/mol. The summed E-state index contributed by atoms with van der Waals surface area (Å²) in [5, 5.41) is 8.76. The maximum atomic E-state index is 13.8. The average molecular weight is 759 g/mol. The fourth-order valence-electron chi connectivity index (χ4n) is 7.22. The van der Waals surface area contributed by atoms with E-state index in [1.807, 2.05) is 58.0 Å². The number of nitrogens with zero attached hydrogens (tertiary/aromatic N) is 1. The normalized spacial score (nSPS) is 18.6. The maximum absolute atomic E-state index is 13.8. The molecule has 0 unspecified atom stereocenters. The quantitative estimate of drug-likeness (QED) is 0.132. The van der Waals surface area contributed by atoms with Crippen LogP contribution in [0, 0.1) is 18.8 Å². The first kappa shape index (κ1) is 38.8. The Bertz CT molecular complexity index is 2160. The van der Waals surface area contributed by atoms with E-state index in [9.17, 15) is 27.6 Å². The fourth-order valence-corrected chi connectivity index (χ4v) is 8.76. The van der Waals surface area contributed by atoms with Crippen molar-refractivity contribution in [3.05, 3.63) is 82.3 Å². The number of sulfonamides is 1. The summed E-state index contributed by atoms with van der Waals surface area (Å²) >= 11 is 0. The van der Waals surface area contributed by atoms with Crippen LogP contribution in [0.3, 0.4) is 0 Å². The molecule has 0 bridgehead atoms. The van der Waals surface area contributed by atoms with Gasteiger partial charge in [0.2, 0.25) is 21.8 Å². The third-order valence-corrected chi connectivity index (χ3v) is 12.1.